The van der Waals surface area contributed by atoms with Crippen LogP contribution < -0.4 is 10.6 Å². The number of carbonyl (C=O) groups is 1. The monoisotopic (exact) mass is 294 g/mol. The van der Waals surface area contributed by atoms with Crippen molar-refractivity contribution in [3.63, 3.8) is 0 Å². The number of carbonyl (C=O) groups excluding carboxylic acids is 1. The fourth-order valence-corrected chi connectivity index (χ4v) is 4.15. The van der Waals surface area contributed by atoms with Crippen LogP contribution in [-0.2, 0) is 0 Å². The maximum absolute atomic E-state index is 12.6. The van der Waals surface area contributed by atoms with E-state index >= 15 is 0 Å². The Balaban J connectivity index is 1.76. The molecule has 2 N–H and O–H groups in total. The lowest BCUT2D eigenvalue weighted by Gasteiger charge is -2.23. The second-order valence-electron chi connectivity index (χ2n) is 5.76. The summed E-state index contributed by atoms with van der Waals surface area (Å²) in [5.74, 6) is 0.434. The highest BCUT2D eigenvalue weighted by Crippen LogP contribution is 2.32. The zero-order valence-corrected chi connectivity index (χ0v) is 12.8. The van der Waals surface area contributed by atoms with Gasteiger partial charge in [0.05, 0.1) is 0 Å². The largest absolute Gasteiger partial charge is 0.382 e. The van der Waals surface area contributed by atoms with Crippen LogP contribution in [0.5, 0.6) is 0 Å². The van der Waals surface area contributed by atoms with Gasteiger partial charge < -0.3 is 15.5 Å². The van der Waals surface area contributed by atoms with Gasteiger partial charge in [0, 0.05) is 26.2 Å². The second-order valence-corrected chi connectivity index (χ2v) is 6.74. The zero-order chi connectivity index (χ0) is 14.1. The van der Waals surface area contributed by atoms with E-state index in [1.165, 1.54) is 37.0 Å². The van der Waals surface area contributed by atoms with Crippen molar-refractivity contribution in [2.75, 3.05) is 30.8 Å². The Labute approximate surface area is 123 Å². The smallest absolute Gasteiger partial charge is 0.267 e. The molecule has 1 amide bonds. The van der Waals surface area contributed by atoms with Gasteiger partial charge in [-0.1, -0.05) is 24.2 Å². The molecule has 5 nitrogen and oxygen atoms in total. The quantitative estimate of drug-likeness (QED) is 0.929. The van der Waals surface area contributed by atoms with E-state index in [0.717, 1.165) is 31.1 Å². The van der Waals surface area contributed by atoms with Gasteiger partial charge in [-0.3, -0.25) is 4.79 Å². The molecule has 0 bridgehead atoms. The zero-order valence-electron chi connectivity index (χ0n) is 12.0. The number of thiazole rings is 1. The number of rotatable bonds is 3. The first-order valence-corrected chi connectivity index (χ1v) is 8.27. The fourth-order valence-electron chi connectivity index (χ4n) is 3.13. The molecule has 0 atom stereocenters. The highest BCUT2D eigenvalue weighted by molar-refractivity contribution is 7.18. The minimum Gasteiger partial charge on any atom is -0.382 e. The average molecular weight is 294 g/mol. The SMILES string of the molecule is CN(C(=O)c1sc(N2CCCC2)nc1N)C1CCCC1. The number of nitrogen functional groups attached to an aromatic ring is 1. The number of hydrogen-bond donors (Lipinski definition) is 1. The van der Waals surface area contributed by atoms with E-state index in [4.69, 9.17) is 5.73 Å². The standard InChI is InChI=1S/C14H22N4OS/c1-17(10-6-2-3-7-10)13(19)11-12(15)16-14(20-11)18-8-4-5-9-18/h10H,2-9,15H2,1H3. The predicted octanol–water partition coefficient (Wildman–Crippen LogP) is 2.34. The molecule has 1 aliphatic carbocycles. The third-order valence-electron chi connectivity index (χ3n) is 4.41. The Bertz CT molecular complexity index is 489. The van der Waals surface area contributed by atoms with Crippen molar-refractivity contribution in [2.24, 2.45) is 0 Å². The summed E-state index contributed by atoms with van der Waals surface area (Å²) in [4.78, 5) is 21.7. The van der Waals surface area contributed by atoms with Gasteiger partial charge >= 0.3 is 0 Å². The van der Waals surface area contributed by atoms with Gasteiger partial charge in [0.1, 0.15) is 10.7 Å². The van der Waals surface area contributed by atoms with Gasteiger partial charge in [0.2, 0.25) is 0 Å². The number of anilines is 2. The summed E-state index contributed by atoms with van der Waals surface area (Å²) in [5, 5.41) is 0.906. The topological polar surface area (TPSA) is 62.5 Å². The Morgan fingerprint density at radius 1 is 1.30 bits per heavy atom. The summed E-state index contributed by atoms with van der Waals surface area (Å²) in [7, 11) is 1.90. The van der Waals surface area contributed by atoms with Crippen molar-refractivity contribution >= 4 is 28.2 Å². The average Bonchev–Trinajstić information content (AvgIpc) is 3.17. The minimum atomic E-state index is 0.0392. The van der Waals surface area contributed by atoms with Crippen LogP contribution in [0.15, 0.2) is 0 Å². The lowest BCUT2D eigenvalue weighted by atomic mass is 10.2. The first-order chi connectivity index (χ1) is 9.66. The lowest BCUT2D eigenvalue weighted by molar-refractivity contribution is 0.0741. The van der Waals surface area contributed by atoms with Crippen LogP contribution in [0.2, 0.25) is 0 Å². The molecule has 2 aliphatic rings. The molecule has 1 aromatic rings. The molecule has 1 saturated heterocycles. The third kappa shape index (κ3) is 2.49. The summed E-state index contributed by atoms with van der Waals surface area (Å²) in [5.41, 5.74) is 5.97. The van der Waals surface area contributed by atoms with Crippen LogP contribution >= 0.6 is 11.3 Å². The minimum absolute atomic E-state index is 0.0392. The summed E-state index contributed by atoms with van der Waals surface area (Å²) in [6.07, 6.45) is 7.06. The second kappa shape index (κ2) is 5.60. The van der Waals surface area contributed by atoms with Crippen molar-refractivity contribution in [3.8, 4) is 0 Å². The molecular formula is C14H22N4OS. The molecule has 110 valence electrons. The van der Waals surface area contributed by atoms with Crippen LogP contribution in [0.25, 0.3) is 0 Å². The molecule has 0 aromatic carbocycles. The van der Waals surface area contributed by atoms with Crippen LogP contribution in [0.4, 0.5) is 10.9 Å². The Hall–Kier alpha value is -1.30. The number of amides is 1. The molecule has 0 radical (unpaired) electrons. The van der Waals surface area contributed by atoms with E-state index in [9.17, 15) is 4.79 Å². The number of nitrogens with two attached hydrogens (primary N) is 1. The molecule has 2 fully saturated rings. The predicted molar refractivity (Wildman–Crippen MR) is 82.3 cm³/mol. The first kappa shape index (κ1) is 13.7. The van der Waals surface area contributed by atoms with Crippen LogP contribution in [0.3, 0.4) is 0 Å². The molecule has 1 saturated carbocycles. The molecule has 3 rings (SSSR count). The summed E-state index contributed by atoms with van der Waals surface area (Å²) in [6, 6.07) is 0.374. The molecule has 0 spiro atoms. The van der Waals surface area contributed by atoms with E-state index in [1.807, 2.05) is 11.9 Å². The highest BCUT2D eigenvalue weighted by Gasteiger charge is 2.28. The molecule has 1 aliphatic heterocycles. The molecule has 0 unspecified atom stereocenters. The molecular weight excluding hydrogens is 272 g/mol. The van der Waals surface area contributed by atoms with Crippen LogP contribution in [0.1, 0.15) is 48.2 Å². The summed E-state index contributed by atoms with van der Waals surface area (Å²) >= 11 is 1.45. The Morgan fingerprint density at radius 3 is 2.60 bits per heavy atom. The normalized spacial score (nSPS) is 19.8. The molecule has 6 heteroatoms. The van der Waals surface area contributed by atoms with Crippen molar-refractivity contribution in [1.82, 2.24) is 9.88 Å². The van der Waals surface area contributed by atoms with Gasteiger partial charge in [0.15, 0.2) is 5.13 Å². The summed E-state index contributed by atoms with van der Waals surface area (Å²) < 4.78 is 0. The third-order valence-corrected chi connectivity index (χ3v) is 5.53. The molecule has 2 heterocycles. The Morgan fingerprint density at radius 2 is 1.95 bits per heavy atom. The fraction of sp³-hybridized carbons (Fsp3) is 0.714. The molecule has 1 aromatic heterocycles. The number of hydrogen-bond acceptors (Lipinski definition) is 5. The Kier molecular flexibility index (Phi) is 3.83. The van der Waals surface area contributed by atoms with Gasteiger partial charge in [-0.2, -0.15) is 0 Å². The van der Waals surface area contributed by atoms with Crippen molar-refractivity contribution in [3.05, 3.63) is 4.88 Å². The van der Waals surface area contributed by atoms with Gasteiger partial charge in [0.25, 0.3) is 5.91 Å². The van der Waals surface area contributed by atoms with E-state index in [-0.39, 0.29) is 5.91 Å². The van der Waals surface area contributed by atoms with E-state index < -0.39 is 0 Å². The van der Waals surface area contributed by atoms with Crippen molar-refractivity contribution in [2.45, 2.75) is 44.6 Å². The number of nitrogens with zero attached hydrogens (tertiary/aromatic N) is 3. The maximum atomic E-state index is 12.6. The van der Waals surface area contributed by atoms with E-state index in [0.29, 0.717) is 16.7 Å². The molecule has 20 heavy (non-hydrogen) atoms. The van der Waals surface area contributed by atoms with Crippen molar-refractivity contribution in [1.29, 1.82) is 0 Å². The highest BCUT2D eigenvalue weighted by atomic mass is 32.1. The number of aromatic nitrogens is 1. The maximum Gasteiger partial charge on any atom is 0.267 e. The van der Waals surface area contributed by atoms with E-state index in [2.05, 4.69) is 9.88 Å². The van der Waals surface area contributed by atoms with Crippen molar-refractivity contribution < 1.29 is 4.79 Å². The lowest BCUT2D eigenvalue weighted by Crippen LogP contribution is -2.35. The summed E-state index contributed by atoms with van der Waals surface area (Å²) in [6.45, 7) is 2.05. The van der Waals surface area contributed by atoms with E-state index in [1.54, 1.807) is 0 Å². The van der Waals surface area contributed by atoms with Crippen LogP contribution in [-0.4, -0.2) is 42.0 Å². The van der Waals surface area contributed by atoms with Gasteiger partial charge in [-0.25, -0.2) is 4.98 Å². The first-order valence-electron chi connectivity index (χ1n) is 7.45. The van der Waals surface area contributed by atoms with Crippen LogP contribution in [0, 0.1) is 0 Å². The van der Waals surface area contributed by atoms with Gasteiger partial charge in [-0.15, -0.1) is 0 Å². The van der Waals surface area contributed by atoms with Gasteiger partial charge in [-0.05, 0) is 25.7 Å².